The fraction of sp³-hybridized carbons (Fsp3) is 0.429. The third-order valence-electron chi connectivity index (χ3n) is 3.16. The lowest BCUT2D eigenvalue weighted by atomic mass is 10.2. The number of likely N-dealkylation sites (tertiary alicyclic amines) is 1. The van der Waals surface area contributed by atoms with Crippen molar-refractivity contribution in [3.63, 3.8) is 0 Å². The van der Waals surface area contributed by atoms with Crippen LogP contribution >= 0.6 is 0 Å². The van der Waals surface area contributed by atoms with Gasteiger partial charge in [0.2, 0.25) is 5.91 Å². The second-order valence-corrected chi connectivity index (χ2v) is 4.39. The number of methoxy groups -OCH3 is 1. The van der Waals surface area contributed by atoms with E-state index < -0.39 is 0 Å². The second-order valence-electron chi connectivity index (χ2n) is 4.39. The average molecular weight is 247 g/mol. The van der Waals surface area contributed by atoms with Crippen LogP contribution in [0.3, 0.4) is 0 Å². The highest BCUT2D eigenvalue weighted by molar-refractivity contribution is 6.04. The van der Waals surface area contributed by atoms with Crippen LogP contribution in [0.1, 0.15) is 36.0 Å². The molecule has 2 amide bonds. The van der Waals surface area contributed by atoms with E-state index in [-0.39, 0.29) is 11.8 Å². The highest BCUT2D eigenvalue weighted by atomic mass is 16.5. The minimum absolute atomic E-state index is 0.0617. The predicted octanol–water partition coefficient (Wildman–Crippen LogP) is 2.24. The molecule has 0 N–H and O–H groups in total. The molecule has 0 saturated carbocycles. The molecule has 2 rings (SSSR count). The molecule has 4 nitrogen and oxygen atoms in total. The number of amides is 2. The lowest BCUT2D eigenvalue weighted by Crippen LogP contribution is -2.36. The number of benzene rings is 1. The molecule has 1 aromatic carbocycles. The molecule has 1 aliphatic heterocycles. The van der Waals surface area contributed by atoms with Crippen LogP contribution < -0.4 is 4.74 Å². The predicted molar refractivity (Wildman–Crippen MR) is 67.5 cm³/mol. The third kappa shape index (κ3) is 2.70. The van der Waals surface area contributed by atoms with Crippen LogP contribution in [0.15, 0.2) is 24.3 Å². The number of ether oxygens (including phenoxy) is 1. The molecule has 0 aromatic heterocycles. The Labute approximate surface area is 107 Å². The highest BCUT2D eigenvalue weighted by Gasteiger charge is 2.23. The molecule has 0 unspecified atom stereocenters. The normalized spacial score (nSPS) is 16.3. The molecule has 1 fully saturated rings. The van der Waals surface area contributed by atoms with E-state index in [1.165, 1.54) is 4.90 Å². The minimum Gasteiger partial charge on any atom is -0.497 e. The van der Waals surface area contributed by atoms with Gasteiger partial charge in [-0.25, -0.2) is 0 Å². The number of nitrogens with zero attached hydrogens (tertiary/aromatic N) is 1. The maximum Gasteiger partial charge on any atom is 0.260 e. The first-order valence-electron chi connectivity index (χ1n) is 6.21. The summed E-state index contributed by atoms with van der Waals surface area (Å²) in [6, 6.07) is 6.85. The van der Waals surface area contributed by atoms with Crippen molar-refractivity contribution in [3.8, 4) is 5.75 Å². The molecule has 0 radical (unpaired) electrons. The summed E-state index contributed by atoms with van der Waals surface area (Å²) in [4.78, 5) is 25.4. The van der Waals surface area contributed by atoms with Gasteiger partial charge in [0.25, 0.3) is 5.91 Å². The molecule has 0 bridgehead atoms. The molecule has 0 aliphatic carbocycles. The van der Waals surface area contributed by atoms with Gasteiger partial charge in [0.05, 0.1) is 7.11 Å². The van der Waals surface area contributed by atoms with Crippen molar-refractivity contribution in [3.05, 3.63) is 29.8 Å². The van der Waals surface area contributed by atoms with Gasteiger partial charge in [0.15, 0.2) is 0 Å². The van der Waals surface area contributed by atoms with Crippen LogP contribution in [0.5, 0.6) is 5.75 Å². The molecule has 0 spiro atoms. The molecular weight excluding hydrogens is 230 g/mol. The van der Waals surface area contributed by atoms with Crippen LogP contribution in [-0.2, 0) is 4.79 Å². The van der Waals surface area contributed by atoms with E-state index >= 15 is 0 Å². The summed E-state index contributed by atoms with van der Waals surface area (Å²) in [5, 5.41) is 0. The number of carbonyl (C=O) groups excluding carboxylic acids is 2. The topological polar surface area (TPSA) is 46.6 Å². The summed E-state index contributed by atoms with van der Waals surface area (Å²) in [6.07, 6.45) is 3.26. The van der Waals surface area contributed by atoms with Gasteiger partial charge in [-0.05, 0) is 37.1 Å². The van der Waals surface area contributed by atoms with Gasteiger partial charge in [-0.3, -0.25) is 14.5 Å². The summed E-state index contributed by atoms with van der Waals surface area (Å²) >= 11 is 0. The average Bonchev–Trinajstić information content (AvgIpc) is 2.63. The number of hydrogen-bond acceptors (Lipinski definition) is 3. The summed E-state index contributed by atoms with van der Waals surface area (Å²) in [7, 11) is 1.58. The minimum atomic E-state index is -0.204. The molecule has 96 valence electrons. The summed E-state index contributed by atoms with van der Waals surface area (Å²) in [6.45, 7) is 0.531. The van der Waals surface area contributed by atoms with Crippen molar-refractivity contribution >= 4 is 11.8 Å². The smallest absolute Gasteiger partial charge is 0.260 e. The van der Waals surface area contributed by atoms with Gasteiger partial charge in [0, 0.05) is 18.5 Å². The van der Waals surface area contributed by atoms with E-state index in [9.17, 15) is 9.59 Å². The van der Waals surface area contributed by atoms with Crippen molar-refractivity contribution in [1.29, 1.82) is 0 Å². The Balaban J connectivity index is 2.15. The molecule has 1 aliphatic rings. The number of carbonyl (C=O) groups is 2. The lowest BCUT2D eigenvalue weighted by molar-refractivity contribution is -0.128. The molecule has 4 heteroatoms. The maximum atomic E-state index is 12.2. The van der Waals surface area contributed by atoms with Crippen LogP contribution in [0.25, 0.3) is 0 Å². The molecule has 1 heterocycles. The zero-order chi connectivity index (χ0) is 13.0. The molecule has 0 atom stereocenters. The summed E-state index contributed by atoms with van der Waals surface area (Å²) in [5.74, 6) is 0.437. The van der Waals surface area contributed by atoms with Crippen molar-refractivity contribution in [2.75, 3.05) is 13.7 Å². The van der Waals surface area contributed by atoms with Crippen LogP contribution in [0.2, 0.25) is 0 Å². The zero-order valence-electron chi connectivity index (χ0n) is 10.5. The van der Waals surface area contributed by atoms with Crippen LogP contribution in [-0.4, -0.2) is 30.4 Å². The molecular formula is C14H17NO3. The summed E-state index contributed by atoms with van der Waals surface area (Å²) in [5.41, 5.74) is 0.533. The largest absolute Gasteiger partial charge is 0.497 e. The van der Waals surface area contributed by atoms with Crippen LogP contribution in [0.4, 0.5) is 0 Å². The fourth-order valence-electron chi connectivity index (χ4n) is 2.09. The summed E-state index contributed by atoms with van der Waals surface area (Å²) < 4.78 is 5.04. The van der Waals surface area contributed by atoms with E-state index in [0.29, 0.717) is 24.3 Å². The Morgan fingerprint density at radius 2 is 1.89 bits per heavy atom. The van der Waals surface area contributed by atoms with E-state index in [1.54, 1.807) is 31.4 Å². The first kappa shape index (κ1) is 12.6. The molecule has 1 aromatic rings. The number of rotatable bonds is 2. The Morgan fingerprint density at radius 3 is 2.56 bits per heavy atom. The molecule has 1 saturated heterocycles. The van der Waals surface area contributed by atoms with Gasteiger partial charge in [-0.1, -0.05) is 6.42 Å². The van der Waals surface area contributed by atoms with E-state index in [2.05, 4.69) is 0 Å². The Bertz CT molecular complexity index is 439. The SMILES string of the molecule is COc1ccc(C(=O)N2CCCCCC2=O)cc1. The quantitative estimate of drug-likeness (QED) is 0.753. The highest BCUT2D eigenvalue weighted by Crippen LogP contribution is 2.17. The number of hydrogen-bond donors (Lipinski definition) is 0. The van der Waals surface area contributed by atoms with Crippen molar-refractivity contribution in [2.45, 2.75) is 25.7 Å². The first-order chi connectivity index (χ1) is 8.72. The van der Waals surface area contributed by atoms with Gasteiger partial charge in [-0.15, -0.1) is 0 Å². The zero-order valence-corrected chi connectivity index (χ0v) is 10.5. The van der Waals surface area contributed by atoms with Crippen LogP contribution in [0, 0.1) is 0 Å². The van der Waals surface area contributed by atoms with Gasteiger partial charge < -0.3 is 4.74 Å². The van der Waals surface area contributed by atoms with Crippen molar-refractivity contribution < 1.29 is 14.3 Å². The van der Waals surface area contributed by atoms with Gasteiger partial charge in [-0.2, -0.15) is 0 Å². The fourth-order valence-corrected chi connectivity index (χ4v) is 2.09. The van der Waals surface area contributed by atoms with E-state index in [1.807, 2.05) is 0 Å². The Morgan fingerprint density at radius 1 is 1.17 bits per heavy atom. The second kappa shape index (κ2) is 5.67. The van der Waals surface area contributed by atoms with E-state index in [0.717, 1.165) is 19.3 Å². The lowest BCUT2D eigenvalue weighted by Gasteiger charge is -2.18. The molecule has 18 heavy (non-hydrogen) atoms. The Hall–Kier alpha value is -1.84. The van der Waals surface area contributed by atoms with Gasteiger partial charge >= 0.3 is 0 Å². The maximum absolute atomic E-state index is 12.2. The Kier molecular flexibility index (Phi) is 3.97. The van der Waals surface area contributed by atoms with Crippen molar-refractivity contribution in [2.24, 2.45) is 0 Å². The van der Waals surface area contributed by atoms with Gasteiger partial charge in [0.1, 0.15) is 5.75 Å². The first-order valence-corrected chi connectivity index (χ1v) is 6.21. The standard InChI is InChI=1S/C14H17NO3/c1-18-12-8-6-11(7-9-12)14(17)15-10-4-2-3-5-13(15)16/h6-9H,2-5,10H2,1H3. The third-order valence-corrected chi connectivity index (χ3v) is 3.16. The van der Waals surface area contributed by atoms with Crippen molar-refractivity contribution in [1.82, 2.24) is 4.90 Å². The monoisotopic (exact) mass is 247 g/mol. The van der Waals surface area contributed by atoms with E-state index in [4.69, 9.17) is 4.74 Å². The number of imide groups is 1.